The van der Waals surface area contributed by atoms with Gasteiger partial charge in [0.2, 0.25) is 5.91 Å². The molecule has 1 aromatic heterocycles. The maximum Gasteiger partial charge on any atom is 0.222 e. The summed E-state index contributed by atoms with van der Waals surface area (Å²) in [5, 5.41) is 3.06. The summed E-state index contributed by atoms with van der Waals surface area (Å²) in [6.07, 6.45) is 3.70. The zero-order valence-electron chi connectivity index (χ0n) is 9.62. The maximum absolute atomic E-state index is 11.7. The van der Waals surface area contributed by atoms with Crippen molar-refractivity contribution in [2.45, 2.75) is 25.7 Å². The van der Waals surface area contributed by atoms with Crippen LogP contribution in [-0.2, 0) is 11.2 Å². The highest BCUT2D eigenvalue weighted by molar-refractivity contribution is 9.09. The Morgan fingerprint density at radius 1 is 1.50 bits per heavy atom. The Morgan fingerprint density at radius 2 is 2.31 bits per heavy atom. The monoisotopic (exact) mass is 303 g/mol. The smallest absolute Gasteiger partial charge is 0.222 e. The third-order valence-corrected chi connectivity index (χ3v) is 3.97. The number of carbonyl (C=O) groups is 1. The van der Waals surface area contributed by atoms with Crippen molar-refractivity contribution in [1.29, 1.82) is 0 Å². The van der Waals surface area contributed by atoms with Crippen LogP contribution in [0.5, 0.6) is 0 Å². The first-order valence-corrected chi connectivity index (χ1v) is 7.56. The van der Waals surface area contributed by atoms with Gasteiger partial charge in [-0.1, -0.05) is 22.0 Å². The summed E-state index contributed by atoms with van der Waals surface area (Å²) < 4.78 is 0. The minimum Gasteiger partial charge on any atom is -0.345 e. The van der Waals surface area contributed by atoms with Gasteiger partial charge < -0.3 is 4.90 Å². The second-order valence-electron chi connectivity index (χ2n) is 3.79. The van der Waals surface area contributed by atoms with Crippen molar-refractivity contribution in [1.82, 2.24) is 4.90 Å². The average molecular weight is 304 g/mol. The van der Waals surface area contributed by atoms with Gasteiger partial charge >= 0.3 is 0 Å². The number of hydrogen-bond acceptors (Lipinski definition) is 2. The number of thiophene rings is 1. The molecule has 0 bridgehead atoms. The lowest BCUT2D eigenvalue weighted by atomic mass is 10.2. The minimum absolute atomic E-state index is 0.262. The summed E-state index contributed by atoms with van der Waals surface area (Å²) in [7, 11) is 1.89. The summed E-state index contributed by atoms with van der Waals surface area (Å²) in [6, 6.07) is 4.17. The highest BCUT2D eigenvalue weighted by Gasteiger charge is 2.08. The molecule has 90 valence electrons. The van der Waals surface area contributed by atoms with E-state index in [-0.39, 0.29) is 5.91 Å². The standard InChI is InChI=1S/C12H18BrNOS/c1-14(12(15)6-2-3-8-13)9-7-11-5-4-10-16-11/h4-5,10H,2-3,6-9H2,1H3. The molecule has 1 amide bonds. The molecule has 2 nitrogen and oxygen atoms in total. The molecule has 16 heavy (non-hydrogen) atoms. The topological polar surface area (TPSA) is 20.3 Å². The lowest BCUT2D eigenvalue weighted by Crippen LogP contribution is -2.28. The second kappa shape index (κ2) is 7.85. The number of hydrogen-bond donors (Lipinski definition) is 0. The number of likely N-dealkylation sites (N-methyl/N-ethyl adjacent to an activating group) is 1. The number of halogens is 1. The number of nitrogens with zero attached hydrogens (tertiary/aromatic N) is 1. The van der Waals surface area contributed by atoms with Gasteiger partial charge in [-0.25, -0.2) is 0 Å². The molecule has 0 fully saturated rings. The zero-order chi connectivity index (χ0) is 11.8. The third kappa shape index (κ3) is 5.12. The van der Waals surface area contributed by atoms with Crippen LogP contribution in [0.2, 0.25) is 0 Å². The number of unbranched alkanes of at least 4 members (excludes halogenated alkanes) is 1. The van der Waals surface area contributed by atoms with E-state index in [0.29, 0.717) is 6.42 Å². The molecular weight excluding hydrogens is 286 g/mol. The summed E-state index contributed by atoms with van der Waals surface area (Å²) in [4.78, 5) is 14.9. The zero-order valence-corrected chi connectivity index (χ0v) is 12.0. The summed E-state index contributed by atoms with van der Waals surface area (Å²) >= 11 is 5.12. The van der Waals surface area contributed by atoms with Crippen LogP contribution in [0.25, 0.3) is 0 Å². The molecule has 0 aliphatic carbocycles. The predicted octanol–water partition coefficient (Wildman–Crippen LogP) is 3.31. The van der Waals surface area contributed by atoms with Crippen LogP contribution in [-0.4, -0.2) is 29.7 Å². The largest absolute Gasteiger partial charge is 0.345 e. The molecular formula is C12H18BrNOS. The van der Waals surface area contributed by atoms with E-state index in [1.807, 2.05) is 11.9 Å². The second-order valence-corrected chi connectivity index (χ2v) is 5.62. The van der Waals surface area contributed by atoms with Crippen molar-refractivity contribution in [3.05, 3.63) is 22.4 Å². The summed E-state index contributed by atoms with van der Waals surface area (Å²) in [5.74, 6) is 0.262. The normalized spacial score (nSPS) is 10.4. The van der Waals surface area contributed by atoms with Crippen molar-refractivity contribution in [3.63, 3.8) is 0 Å². The van der Waals surface area contributed by atoms with E-state index < -0.39 is 0 Å². The van der Waals surface area contributed by atoms with Gasteiger partial charge in [-0.15, -0.1) is 11.3 Å². The van der Waals surface area contributed by atoms with E-state index in [9.17, 15) is 4.79 Å². The Balaban J connectivity index is 2.18. The van der Waals surface area contributed by atoms with Gasteiger partial charge in [-0.2, -0.15) is 0 Å². The van der Waals surface area contributed by atoms with E-state index in [0.717, 1.165) is 31.1 Å². The molecule has 0 radical (unpaired) electrons. The van der Waals surface area contributed by atoms with E-state index >= 15 is 0 Å². The van der Waals surface area contributed by atoms with Gasteiger partial charge in [0.25, 0.3) is 0 Å². The van der Waals surface area contributed by atoms with Crippen LogP contribution < -0.4 is 0 Å². The fourth-order valence-electron chi connectivity index (χ4n) is 1.42. The molecule has 0 aliphatic heterocycles. The molecule has 0 unspecified atom stereocenters. The van der Waals surface area contributed by atoms with Gasteiger partial charge in [-0.05, 0) is 30.7 Å². The molecule has 0 N–H and O–H groups in total. The third-order valence-electron chi connectivity index (χ3n) is 2.47. The van der Waals surface area contributed by atoms with Crippen LogP contribution in [0.15, 0.2) is 17.5 Å². The van der Waals surface area contributed by atoms with Crippen LogP contribution in [0, 0.1) is 0 Å². The van der Waals surface area contributed by atoms with Gasteiger partial charge in [0.15, 0.2) is 0 Å². The van der Waals surface area contributed by atoms with Crippen molar-refractivity contribution >= 4 is 33.2 Å². The van der Waals surface area contributed by atoms with Crippen LogP contribution in [0.4, 0.5) is 0 Å². The fourth-order valence-corrected chi connectivity index (χ4v) is 2.51. The van der Waals surface area contributed by atoms with Crippen molar-refractivity contribution < 1.29 is 4.79 Å². The van der Waals surface area contributed by atoms with E-state index in [1.54, 1.807) is 11.3 Å². The van der Waals surface area contributed by atoms with Crippen LogP contribution in [0.1, 0.15) is 24.1 Å². The molecule has 0 aromatic carbocycles. The molecule has 4 heteroatoms. The van der Waals surface area contributed by atoms with Crippen molar-refractivity contribution in [2.24, 2.45) is 0 Å². The highest BCUT2D eigenvalue weighted by Crippen LogP contribution is 2.10. The predicted molar refractivity (Wildman–Crippen MR) is 73.3 cm³/mol. The first kappa shape index (κ1) is 13.7. The highest BCUT2D eigenvalue weighted by atomic mass is 79.9. The Bertz CT molecular complexity index is 300. The maximum atomic E-state index is 11.7. The number of carbonyl (C=O) groups excluding carboxylic acids is 1. The number of amides is 1. The molecule has 0 atom stereocenters. The van der Waals surface area contributed by atoms with Gasteiger partial charge in [0.1, 0.15) is 0 Å². The minimum atomic E-state index is 0.262. The molecule has 0 saturated heterocycles. The summed E-state index contributed by atoms with van der Waals surface area (Å²) in [6.45, 7) is 0.827. The lowest BCUT2D eigenvalue weighted by molar-refractivity contribution is -0.129. The van der Waals surface area contributed by atoms with Crippen molar-refractivity contribution in [3.8, 4) is 0 Å². The van der Waals surface area contributed by atoms with Crippen LogP contribution >= 0.6 is 27.3 Å². The molecule has 1 rings (SSSR count). The van der Waals surface area contributed by atoms with E-state index in [2.05, 4.69) is 33.4 Å². The average Bonchev–Trinajstić information content (AvgIpc) is 2.79. The molecule has 1 heterocycles. The SMILES string of the molecule is CN(CCc1cccs1)C(=O)CCCCBr. The Labute approximate surface area is 110 Å². The number of rotatable bonds is 7. The van der Waals surface area contributed by atoms with E-state index in [4.69, 9.17) is 0 Å². The van der Waals surface area contributed by atoms with Gasteiger partial charge in [0.05, 0.1) is 0 Å². The van der Waals surface area contributed by atoms with Crippen molar-refractivity contribution in [2.75, 3.05) is 18.9 Å². The Hall–Kier alpha value is -0.350. The Morgan fingerprint density at radius 3 is 2.94 bits per heavy atom. The fraction of sp³-hybridized carbons (Fsp3) is 0.583. The first-order chi connectivity index (χ1) is 7.74. The van der Waals surface area contributed by atoms with Gasteiger partial charge in [-0.3, -0.25) is 4.79 Å². The Kier molecular flexibility index (Phi) is 6.73. The molecule has 1 aromatic rings. The molecule has 0 spiro atoms. The quantitative estimate of drug-likeness (QED) is 0.559. The van der Waals surface area contributed by atoms with E-state index in [1.165, 1.54) is 4.88 Å². The molecule has 0 aliphatic rings. The lowest BCUT2D eigenvalue weighted by Gasteiger charge is -2.16. The first-order valence-electron chi connectivity index (χ1n) is 5.56. The van der Waals surface area contributed by atoms with Crippen LogP contribution in [0.3, 0.4) is 0 Å². The van der Waals surface area contributed by atoms with Gasteiger partial charge in [0, 0.05) is 30.2 Å². The number of alkyl halides is 1. The summed E-state index contributed by atoms with van der Waals surface area (Å²) in [5.41, 5.74) is 0. The molecule has 0 saturated carbocycles.